The van der Waals surface area contributed by atoms with Crippen molar-refractivity contribution in [1.29, 1.82) is 0 Å². The summed E-state index contributed by atoms with van der Waals surface area (Å²) < 4.78 is 23.5. The summed E-state index contributed by atoms with van der Waals surface area (Å²) in [5, 5.41) is 14.0. The Morgan fingerprint density at radius 2 is 0.701 bits per heavy atom. The van der Waals surface area contributed by atoms with Gasteiger partial charge in [0.05, 0.1) is 39.9 Å². The molecule has 0 aliphatic heterocycles. The quantitative estimate of drug-likeness (QED) is 0.0272. The Morgan fingerprint density at radius 3 is 1.02 bits per heavy atom. The molecule has 0 aromatic heterocycles. The van der Waals surface area contributed by atoms with Crippen molar-refractivity contribution in [3.8, 4) is 0 Å². The minimum atomic E-state index is -4.61. The Labute approximate surface area is 542 Å². The molecular formula is C78H149N2O6P. The van der Waals surface area contributed by atoms with Crippen molar-refractivity contribution in [2.24, 2.45) is 0 Å². The molecule has 0 saturated heterocycles. The Bertz CT molecular complexity index is 1600. The van der Waals surface area contributed by atoms with Crippen LogP contribution in [0.3, 0.4) is 0 Å². The number of phosphoric acid groups is 1. The molecule has 8 nitrogen and oxygen atoms in total. The van der Waals surface area contributed by atoms with E-state index in [4.69, 9.17) is 9.05 Å². The molecule has 87 heavy (non-hydrogen) atoms. The maximum absolute atomic E-state index is 13.1. The van der Waals surface area contributed by atoms with Crippen LogP contribution in [0.25, 0.3) is 0 Å². The number of aliphatic hydroxyl groups excluding tert-OH is 1. The molecule has 0 spiro atoms. The summed E-state index contributed by atoms with van der Waals surface area (Å²) in [5.41, 5.74) is 0. The SMILES string of the molecule is CC/C=C\C/C=C\C/C=C\C/C=C\CCCCCCCCCCCCCCCCCCCCCCC(=O)NC(COP(=O)([O-])OCC[N+](C)(C)C)C(O)/C=C/CCCCCCCCCCCCCCCCCCCCCCCCCCCCCCCC. The zero-order valence-corrected chi connectivity index (χ0v) is 59.6. The molecular weight excluding hydrogens is 1090 g/mol. The van der Waals surface area contributed by atoms with Crippen LogP contribution in [0.4, 0.5) is 0 Å². The van der Waals surface area contributed by atoms with Gasteiger partial charge in [0.25, 0.3) is 7.82 Å². The summed E-state index contributed by atoms with van der Waals surface area (Å²) in [6, 6.07) is -0.889. The average molecular weight is 1240 g/mol. The molecule has 0 saturated carbocycles. The molecule has 9 heteroatoms. The van der Waals surface area contributed by atoms with Crippen LogP contribution in [0.15, 0.2) is 60.8 Å². The number of nitrogens with zero attached hydrogens (tertiary/aromatic N) is 1. The van der Waals surface area contributed by atoms with E-state index in [0.29, 0.717) is 17.4 Å². The highest BCUT2D eigenvalue weighted by atomic mass is 31.2. The lowest BCUT2D eigenvalue weighted by atomic mass is 10.0. The lowest BCUT2D eigenvalue weighted by Crippen LogP contribution is -2.45. The van der Waals surface area contributed by atoms with Gasteiger partial charge in [0, 0.05) is 6.42 Å². The number of likely N-dealkylation sites (N-methyl/N-ethyl adjacent to an activating group) is 1. The average Bonchev–Trinajstić information content (AvgIpc) is 3.71. The number of nitrogens with one attached hydrogen (secondary N) is 1. The summed E-state index contributed by atoms with van der Waals surface area (Å²) in [5.74, 6) is -0.191. The van der Waals surface area contributed by atoms with Crippen molar-refractivity contribution >= 4 is 13.7 Å². The number of hydrogen-bond donors (Lipinski definition) is 2. The maximum atomic E-state index is 13.1. The van der Waals surface area contributed by atoms with E-state index in [1.54, 1.807) is 6.08 Å². The number of phosphoric ester groups is 1. The molecule has 1 amide bonds. The number of hydrogen-bond acceptors (Lipinski definition) is 6. The smallest absolute Gasteiger partial charge is 0.268 e. The molecule has 0 radical (unpaired) electrons. The van der Waals surface area contributed by atoms with E-state index in [0.717, 1.165) is 64.2 Å². The number of rotatable bonds is 71. The molecule has 0 rings (SSSR count). The normalized spacial score (nSPS) is 13.9. The predicted octanol–water partition coefficient (Wildman–Crippen LogP) is 24.1. The van der Waals surface area contributed by atoms with Crippen LogP contribution in [0.1, 0.15) is 380 Å². The van der Waals surface area contributed by atoms with Gasteiger partial charge in [-0.05, 0) is 57.8 Å². The molecule has 2 N–H and O–H groups in total. The van der Waals surface area contributed by atoms with Crippen molar-refractivity contribution in [3.63, 3.8) is 0 Å². The first-order valence-electron chi connectivity index (χ1n) is 38.2. The lowest BCUT2D eigenvalue weighted by molar-refractivity contribution is -0.870. The van der Waals surface area contributed by atoms with Crippen molar-refractivity contribution < 1.29 is 32.9 Å². The van der Waals surface area contributed by atoms with Gasteiger partial charge in [-0.2, -0.15) is 0 Å². The van der Waals surface area contributed by atoms with Crippen LogP contribution in [0.5, 0.6) is 0 Å². The molecule has 0 aliphatic carbocycles. The third-order valence-electron chi connectivity index (χ3n) is 17.5. The summed E-state index contributed by atoms with van der Waals surface area (Å²) >= 11 is 0. The Kier molecular flexibility index (Phi) is 67.1. The third-order valence-corrected chi connectivity index (χ3v) is 18.4. The van der Waals surface area contributed by atoms with E-state index in [1.165, 1.54) is 295 Å². The van der Waals surface area contributed by atoms with Crippen LogP contribution < -0.4 is 10.2 Å². The molecule has 3 unspecified atom stereocenters. The summed E-state index contributed by atoms with van der Waals surface area (Å²) in [7, 11) is 1.28. The third kappa shape index (κ3) is 71.5. The highest BCUT2D eigenvalue weighted by Crippen LogP contribution is 2.38. The highest BCUT2D eigenvalue weighted by molar-refractivity contribution is 7.45. The fourth-order valence-electron chi connectivity index (χ4n) is 11.6. The molecule has 0 bridgehead atoms. The van der Waals surface area contributed by atoms with Crippen LogP contribution >= 0.6 is 7.82 Å². The number of amides is 1. The van der Waals surface area contributed by atoms with Gasteiger partial charge in [-0.15, -0.1) is 0 Å². The van der Waals surface area contributed by atoms with E-state index in [1.807, 2.05) is 27.2 Å². The second kappa shape index (κ2) is 68.6. The molecule has 0 fully saturated rings. The lowest BCUT2D eigenvalue weighted by Gasteiger charge is -2.29. The van der Waals surface area contributed by atoms with Gasteiger partial charge in [-0.3, -0.25) is 9.36 Å². The van der Waals surface area contributed by atoms with E-state index < -0.39 is 20.0 Å². The first kappa shape index (κ1) is 85.2. The first-order chi connectivity index (χ1) is 42.5. The summed E-state index contributed by atoms with van der Waals surface area (Å²) in [4.78, 5) is 25.7. The van der Waals surface area contributed by atoms with E-state index in [-0.39, 0.29) is 19.1 Å². The summed E-state index contributed by atoms with van der Waals surface area (Å²) in [6.07, 6.45) is 95.1. The Morgan fingerprint density at radius 1 is 0.414 bits per heavy atom. The van der Waals surface area contributed by atoms with Gasteiger partial charge >= 0.3 is 0 Å². The number of allylic oxidation sites excluding steroid dienone is 9. The minimum absolute atomic E-state index is 0.00000847. The number of carbonyl (C=O) groups is 1. The monoisotopic (exact) mass is 1240 g/mol. The molecule has 0 aliphatic rings. The van der Waals surface area contributed by atoms with Crippen molar-refractivity contribution in [1.82, 2.24) is 5.32 Å². The van der Waals surface area contributed by atoms with Crippen LogP contribution in [0, 0.1) is 0 Å². The van der Waals surface area contributed by atoms with Gasteiger partial charge in [0.15, 0.2) is 0 Å². The van der Waals surface area contributed by atoms with Crippen molar-refractivity contribution in [2.75, 3.05) is 40.9 Å². The van der Waals surface area contributed by atoms with Gasteiger partial charge < -0.3 is 28.8 Å². The standard InChI is InChI=1S/C78H149N2O6P/c1-6-8-10-12-14-16-18-20-22-24-26-28-30-32-34-36-38-40-42-44-46-48-50-52-54-56-58-60-62-64-66-68-70-72-78(82)79-76(75-86-87(83,84)85-74-73-80(3,4)5)77(81)71-69-67-65-63-61-59-57-55-53-51-49-47-45-43-41-39-37-35-33-31-29-27-25-23-21-19-17-15-13-11-9-7-2/h8,10,14,16,20,22,26,28,69,71,76-77,81H,6-7,9,11-13,15,17-19,21,23-25,27,29-68,70,72-75H2,1-5H3,(H-,79,82,83,84)/b10-8-,16-14-,22-20-,28-26-,71-69+. The minimum Gasteiger partial charge on any atom is -0.756 e. The van der Waals surface area contributed by atoms with E-state index in [9.17, 15) is 19.4 Å². The zero-order chi connectivity index (χ0) is 63.4. The van der Waals surface area contributed by atoms with Crippen molar-refractivity contribution in [3.05, 3.63) is 60.8 Å². The Balaban J connectivity index is 3.99. The molecule has 0 aromatic carbocycles. The van der Waals surface area contributed by atoms with Gasteiger partial charge in [-0.25, -0.2) is 0 Å². The van der Waals surface area contributed by atoms with Crippen LogP contribution in [0.2, 0.25) is 0 Å². The second-order valence-corrected chi connectivity index (χ2v) is 28.7. The molecule has 0 aromatic rings. The number of carbonyl (C=O) groups excluding carboxylic acids is 1. The van der Waals surface area contributed by atoms with Crippen LogP contribution in [-0.4, -0.2) is 68.5 Å². The molecule has 0 heterocycles. The fourth-order valence-corrected chi connectivity index (χ4v) is 12.3. The van der Waals surface area contributed by atoms with E-state index in [2.05, 4.69) is 67.8 Å². The zero-order valence-electron chi connectivity index (χ0n) is 58.7. The fraction of sp³-hybridized carbons (Fsp3) is 0.859. The van der Waals surface area contributed by atoms with Gasteiger partial charge in [-0.1, -0.05) is 376 Å². The topological polar surface area (TPSA) is 108 Å². The van der Waals surface area contributed by atoms with E-state index >= 15 is 0 Å². The Hall–Kier alpha value is -1.80. The number of quaternary nitrogens is 1. The van der Waals surface area contributed by atoms with Gasteiger partial charge in [0.1, 0.15) is 13.2 Å². The second-order valence-electron chi connectivity index (χ2n) is 27.3. The number of unbranched alkanes of at least 4 members (excludes halogenated alkanes) is 50. The number of aliphatic hydroxyl groups is 1. The molecule has 512 valence electrons. The predicted molar refractivity (Wildman–Crippen MR) is 381 cm³/mol. The summed E-state index contributed by atoms with van der Waals surface area (Å²) in [6.45, 7) is 4.59. The largest absolute Gasteiger partial charge is 0.756 e. The first-order valence-corrected chi connectivity index (χ1v) is 39.6. The maximum Gasteiger partial charge on any atom is 0.268 e. The van der Waals surface area contributed by atoms with Crippen LogP contribution in [-0.2, 0) is 18.4 Å². The molecule has 3 atom stereocenters. The van der Waals surface area contributed by atoms with Gasteiger partial charge in [0.2, 0.25) is 5.91 Å². The van der Waals surface area contributed by atoms with Crippen molar-refractivity contribution in [2.45, 2.75) is 392 Å². The highest BCUT2D eigenvalue weighted by Gasteiger charge is 2.23.